The molecular weight excluding hydrogens is 282 g/mol. The summed E-state index contributed by atoms with van der Waals surface area (Å²) in [6.45, 7) is 10.2. The molecule has 3 heterocycles. The molecule has 3 heteroatoms. The van der Waals surface area contributed by atoms with E-state index in [-0.39, 0.29) is 5.41 Å². The van der Waals surface area contributed by atoms with Crippen LogP contribution in [-0.2, 0) is 5.41 Å². The molecule has 0 saturated carbocycles. The molecule has 0 aliphatic carbocycles. The third kappa shape index (κ3) is 2.11. The first-order valence-electron chi connectivity index (χ1n) is 8.88. The fourth-order valence-electron chi connectivity index (χ4n) is 2.87. The van der Waals surface area contributed by atoms with E-state index in [0.29, 0.717) is 23.1 Å². The zero-order valence-corrected chi connectivity index (χ0v) is 14.2. The highest BCUT2D eigenvalue weighted by Crippen LogP contribution is 2.28. The lowest BCUT2D eigenvalue weighted by Gasteiger charge is -2.18. The first-order valence-corrected chi connectivity index (χ1v) is 7.88. The molecular formula is C20H21N3. The van der Waals surface area contributed by atoms with Crippen LogP contribution < -0.4 is 0 Å². The Kier molecular flexibility index (Phi) is 2.38. The van der Waals surface area contributed by atoms with Crippen LogP contribution in [0, 0.1) is 13.8 Å². The van der Waals surface area contributed by atoms with Crippen LogP contribution in [0.1, 0.15) is 40.3 Å². The summed E-state index contributed by atoms with van der Waals surface area (Å²) in [5.74, 6) is 0. The van der Waals surface area contributed by atoms with Crippen molar-refractivity contribution in [3.05, 3.63) is 53.3 Å². The molecule has 0 spiro atoms. The first-order chi connectivity index (χ1) is 11.7. The number of hydrogen-bond acceptors (Lipinski definition) is 2. The Balaban J connectivity index is 2.16. The Bertz CT molecular complexity index is 1170. The molecule has 4 aromatic rings. The predicted molar refractivity (Wildman–Crippen MR) is 96.2 cm³/mol. The summed E-state index contributed by atoms with van der Waals surface area (Å²) in [6, 6.07) is 6.91. The zero-order chi connectivity index (χ0) is 18.1. The second kappa shape index (κ2) is 4.54. The van der Waals surface area contributed by atoms with Gasteiger partial charge in [-0.1, -0.05) is 20.8 Å². The highest BCUT2D eigenvalue weighted by atomic mass is 15.0. The third-order valence-electron chi connectivity index (χ3n) is 4.40. The summed E-state index contributed by atoms with van der Waals surface area (Å²) in [5.41, 5.74) is 5.60. The summed E-state index contributed by atoms with van der Waals surface area (Å²) in [7, 11) is 0. The average Bonchev–Trinajstić information content (AvgIpc) is 2.96. The highest BCUT2D eigenvalue weighted by molar-refractivity contribution is 5.96. The fourth-order valence-corrected chi connectivity index (χ4v) is 2.87. The molecule has 4 rings (SSSR count). The molecule has 0 unspecified atom stereocenters. The Morgan fingerprint density at radius 1 is 0.957 bits per heavy atom. The molecule has 116 valence electrons. The summed E-state index contributed by atoms with van der Waals surface area (Å²) in [6.07, 6.45) is 1.92. The maximum Gasteiger partial charge on any atom is 0.147 e. The molecule has 0 N–H and O–H groups in total. The van der Waals surface area contributed by atoms with Crippen molar-refractivity contribution in [3.8, 4) is 0 Å². The average molecular weight is 305 g/mol. The maximum atomic E-state index is 8.49. The molecule has 3 aromatic heterocycles. The first kappa shape index (κ1) is 12.1. The van der Waals surface area contributed by atoms with Gasteiger partial charge in [0.05, 0.1) is 19.3 Å². The van der Waals surface area contributed by atoms with Gasteiger partial charge in [0.2, 0.25) is 0 Å². The van der Waals surface area contributed by atoms with Crippen molar-refractivity contribution in [1.29, 1.82) is 0 Å². The highest BCUT2D eigenvalue weighted by Gasteiger charge is 2.17. The molecule has 0 amide bonds. The standard InChI is InChI=1S/C20H21N3/c1-12-10-16-17(11-13(12)2)23-9-8-15-14(19(23)22-16)6-7-18(21-15)20(3,4)5/h6-11H,1-5H3/i10D,11D. The van der Waals surface area contributed by atoms with Crippen molar-refractivity contribution < 1.29 is 2.74 Å². The van der Waals surface area contributed by atoms with E-state index in [9.17, 15) is 0 Å². The largest absolute Gasteiger partial charge is 0.299 e. The number of pyridine rings is 2. The van der Waals surface area contributed by atoms with Gasteiger partial charge in [-0.05, 0) is 55.3 Å². The summed E-state index contributed by atoms with van der Waals surface area (Å²) in [4.78, 5) is 9.51. The topological polar surface area (TPSA) is 30.2 Å². The van der Waals surface area contributed by atoms with E-state index in [4.69, 9.17) is 12.7 Å². The molecule has 0 atom stereocenters. The van der Waals surface area contributed by atoms with Crippen LogP contribution >= 0.6 is 0 Å². The molecule has 1 aromatic carbocycles. The zero-order valence-electron chi connectivity index (χ0n) is 16.2. The number of aromatic nitrogens is 3. The molecule has 0 bridgehead atoms. The van der Waals surface area contributed by atoms with Crippen LogP contribution in [0.5, 0.6) is 0 Å². The lowest BCUT2D eigenvalue weighted by molar-refractivity contribution is 0.571. The van der Waals surface area contributed by atoms with Crippen molar-refractivity contribution in [2.24, 2.45) is 0 Å². The third-order valence-corrected chi connectivity index (χ3v) is 4.40. The predicted octanol–water partition coefficient (Wildman–Crippen LogP) is 4.95. The van der Waals surface area contributed by atoms with Crippen molar-refractivity contribution in [2.75, 3.05) is 0 Å². The minimum absolute atomic E-state index is 0.0165. The van der Waals surface area contributed by atoms with E-state index in [1.165, 1.54) is 0 Å². The number of fused-ring (bicyclic) bond motifs is 5. The lowest BCUT2D eigenvalue weighted by atomic mass is 9.91. The molecule has 0 aliphatic rings. The number of hydrogen-bond donors (Lipinski definition) is 0. The van der Waals surface area contributed by atoms with Crippen LogP contribution in [-0.4, -0.2) is 14.4 Å². The van der Waals surface area contributed by atoms with Crippen molar-refractivity contribution in [2.45, 2.75) is 40.0 Å². The van der Waals surface area contributed by atoms with Gasteiger partial charge in [-0.15, -0.1) is 0 Å². The van der Waals surface area contributed by atoms with Gasteiger partial charge in [-0.2, -0.15) is 0 Å². The quantitative estimate of drug-likeness (QED) is 0.460. The minimum atomic E-state index is -0.0165. The van der Waals surface area contributed by atoms with E-state index in [1.807, 2.05) is 36.6 Å². The molecule has 0 aliphatic heterocycles. The molecule has 0 radical (unpaired) electrons. The fraction of sp³-hybridized carbons (Fsp3) is 0.300. The Morgan fingerprint density at radius 2 is 1.70 bits per heavy atom. The smallest absolute Gasteiger partial charge is 0.147 e. The van der Waals surface area contributed by atoms with Gasteiger partial charge in [-0.25, -0.2) is 4.98 Å². The van der Waals surface area contributed by atoms with Crippen molar-refractivity contribution >= 4 is 27.6 Å². The van der Waals surface area contributed by atoms with E-state index < -0.39 is 0 Å². The SMILES string of the molecule is [2H]c1c(C)c(C)c([2H])c2c1nc1c3ccc(C(C)(C)C)nc3ccn12. The Morgan fingerprint density at radius 3 is 2.43 bits per heavy atom. The lowest BCUT2D eigenvalue weighted by Crippen LogP contribution is -2.13. The van der Waals surface area contributed by atoms with Crippen LogP contribution in [0.2, 0.25) is 0 Å². The van der Waals surface area contributed by atoms with E-state index in [0.717, 1.165) is 33.4 Å². The second-order valence-electron chi connectivity index (χ2n) is 7.20. The summed E-state index contributed by atoms with van der Waals surface area (Å²) >= 11 is 0. The molecule has 0 saturated heterocycles. The van der Waals surface area contributed by atoms with Gasteiger partial charge >= 0.3 is 0 Å². The van der Waals surface area contributed by atoms with Gasteiger partial charge < -0.3 is 0 Å². The maximum absolute atomic E-state index is 8.49. The van der Waals surface area contributed by atoms with Crippen LogP contribution in [0.4, 0.5) is 0 Å². The van der Waals surface area contributed by atoms with Gasteiger partial charge in [0.15, 0.2) is 0 Å². The summed E-state index contributed by atoms with van der Waals surface area (Å²) < 4.78 is 18.8. The molecule has 0 fully saturated rings. The Labute approximate surface area is 138 Å². The summed E-state index contributed by atoms with van der Waals surface area (Å²) in [5, 5.41) is 0.945. The van der Waals surface area contributed by atoms with E-state index in [2.05, 4.69) is 26.8 Å². The number of benzene rings is 1. The van der Waals surface area contributed by atoms with Crippen LogP contribution in [0.15, 0.2) is 36.5 Å². The van der Waals surface area contributed by atoms with Gasteiger partial charge in [0.1, 0.15) is 5.65 Å². The van der Waals surface area contributed by atoms with Crippen molar-refractivity contribution in [1.82, 2.24) is 14.4 Å². The number of imidazole rings is 1. The monoisotopic (exact) mass is 305 g/mol. The van der Waals surface area contributed by atoms with E-state index >= 15 is 0 Å². The van der Waals surface area contributed by atoms with Gasteiger partial charge in [0, 0.05) is 22.7 Å². The number of rotatable bonds is 0. The second-order valence-corrected chi connectivity index (χ2v) is 7.20. The molecule has 23 heavy (non-hydrogen) atoms. The Hall–Kier alpha value is -2.42. The number of nitrogens with zero attached hydrogens (tertiary/aromatic N) is 3. The normalized spacial score (nSPS) is 13.8. The van der Waals surface area contributed by atoms with Crippen molar-refractivity contribution in [3.63, 3.8) is 0 Å². The van der Waals surface area contributed by atoms with Crippen LogP contribution in [0.3, 0.4) is 0 Å². The van der Waals surface area contributed by atoms with Crippen LogP contribution in [0.25, 0.3) is 27.6 Å². The molecule has 3 nitrogen and oxygen atoms in total. The van der Waals surface area contributed by atoms with E-state index in [1.54, 1.807) is 0 Å². The minimum Gasteiger partial charge on any atom is -0.299 e. The van der Waals surface area contributed by atoms with Gasteiger partial charge in [-0.3, -0.25) is 9.38 Å². The van der Waals surface area contributed by atoms with Gasteiger partial charge in [0.25, 0.3) is 0 Å².